The van der Waals surface area contributed by atoms with Crippen LogP contribution < -0.4 is 11.1 Å². The van der Waals surface area contributed by atoms with E-state index in [0.29, 0.717) is 12.4 Å². The zero-order valence-corrected chi connectivity index (χ0v) is 7.66. The standard InChI is InChI=1S/C7H13N5O/c1-7(2,8)6(13)9-3-5-10-4-11-12-5/h4H,3,8H2,1-2H3,(H,9,13)(H,10,11,12). The summed E-state index contributed by atoms with van der Waals surface area (Å²) in [6, 6.07) is 0. The molecule has 0 atom stereocenters. The molecular formula is C7H13N5O. The number of carbonyl (C=O) groups excluding carboxylic acids is 1. The van der Waals surface area contributed by atoms with Gasteiger partial charge in [-0.05, 0) is 13.8 Å². The van der Waals surface area contributed by atoms with Crippen LogP contribution in [0.1, 0.15) is 19.7 Å². The first-order chi connectivity index (χ1) is 6.00. The predicted octanol–water partition coefficient (Wildman–Crippen LogP) is -0.842. The maximum absolute atomic E-state index is 11.3. The van der Waals surface area contributed by atoms with Crippen LogP contribution in [-0.4, -0.2) is 26.6 Å². The summed E-state index contributed by atoms with van der Waals surface area (Å²) in [6.45, 7) is 3.60. The minimum atomic E-state index is -0.861. The molecule has 0 aliphatic heterocycles. The third-order valence-corrected chi connectivity index (χ3v) is 1.47. The summed E-state index contributed by atoms with van der Waals surface area (Å²) in [4.78, 5) is 15.1. The first-order valence-corrected chi connectivity index (χ1v) is 3.91. The second-order valence-electron chi connectivity index (χ2n) is 3.34. The van der Waals surface area contributed by atoms with E-state index in [2.05, 4.69) is 20.5 Å². The molecule has 0 unspecified atom stereocenters. The SMILES string of the molecule is CC(C)(N)C(=O)NCc1ncn[nH]1. The number of H-pyrrole nitrogens is 1. The Morgan fingerprint density at radius 1 is 1.77 bits per heavy atom. The van der Waals surface area contributed by atoms with Gasteiger partial charge in [0.2, 0.25) is 5.91 Å². The smallest absolute Gasteiger partial charge is 0.239 e. The molecular weight excluding hydrogens is 170 g/mol. The van der Waals surface area contributed by atoms with Gasteiger partial charge >= 0.3 is 0 Å². The normalized spacial score (nSPS) is 11.3. The molecule has 0 aliphatic carbocycles. The number of aromatic nitrogens is 3. The van der Waals surface area contributed by atoms with Crippen molar-refractivity contribution >= 4 is 5.91 Å². The fourth-order valence-corrected chi connectivity index (χ4v) is 0.708. The summed E-state index contributed by atoms with van der Waals surface area (Å²) in [5.41, 5.74) is 4.70. The number of aromatic amines is 1. The average Bonchev–Trinajstić information content (AvgIpc) is 2.50. The molecule has 72 valence electrons. The molecule has 1 heterocycles. The fraction of sp³-hybridized carbons (Fsp3) is 0.571. The average molecular weight is 183 g/mol. The minimum absolute atomic E-state index is 0.219. The van der Waals surface area contributed by atoms with Crippen LogP contribution in [0.15, 0.2) is 6.33 Å². The number of nitrogens with one attached hydrogen (secondary N) is 2. The van der Waals surface area contributed by atoms with E-state index >= 15 is 0 Å². The van der Waals surface area contributed by atoms with Crippen LogP contribution in [0.25, 0.3) is 0 Å². The fourth-order valence-electron chi connectivity index (χ4n) is 0.708. The van der Waals surface area contributed by atoms with Crippen LogP contribution in [0.2, 0.25) is 0 Å². The zero-order valence-electron chi connectivity index (χ0n) is 7.66. The van der Waals surface area contributed by atoms with Gasteiger partial charge in [-0.25, -0.2) is 4.98 Å². The molecule has 1 rings (SSSR count). The highest BCUT2D eigenvalue weighted by Crippen LogP contribution is 1.96. The molecule has 0 radical (unpaired) electrons. The zero-order chi connectivity index (χ0) is 9.90. The van der Waals surface area contributed by atoms with E-state index in [4.69, 9.17) is 5.73 Å². The molecule has 0 spiro atoms. The lowest BCUT2D eigenvalue weighted by atomic mass is 10.1. The Morgan fingerprint density at radius 3 is 2.92 bits per heavy atom. The molecule has 0 saturated carbocycles. The minimum Gasteiger partial charge on any atom is -0.347 e. The van der Waals surface area contributed by atoms with Gasteiger partial charge in [0.25, 0.3) is 0 Å². The van der Waals surface area contributed by atoms with Gasteiger partial charge in [0.05, 0.1) is 12.1 Å². The molecule has 13 heavy (non-hydrogen) atoms. The van der Waals surface area contributed by atoms with Crippen molar-refractivity contribution in [2.45, 2.75) is 25.9 Å². The summed E-state index contributed by atoms with van der Waals surface area (Å²) < 4.78 is 0. The lowest BCUT2D eigenvalue weighted by Crippen LogP contribution is -2.48. The maximum atomic E-state index is 11.3. The van der Waals surface area contributed by atoms with Gasteiger partial charge in [-0.1, -0.05) is 0 Å². The van der Waals surface area contributed by atoms with E-state index in [-0.39, 0.29) is 5.91 Å². The monoisotopic (exact) mass is 183 g/mol. The maximum Gasteiger partial charge on any atom is 0.239 e. The van der Waals surface area contributed by atoms with Crippen molar-refractivity contribution in [3.63, 3.8) is 0 Å². The van der Waals surface area contributed by atoms with Crippen molar-refractivity contribution in [1.82, 2.24) is 20.5 Å². The molecule has 0 saturated heterocycles. The number of carbonyl (C=O) groups is 1. The lowest BCUT2D eigenvalue weighted by Gasteiger charge is -2.16. The van der Waals surface area contributed by atoms with Crippen LogP contribution in [0.3, 0.4) is 0 Å². The highest BCUT2D eigenvalue weighted by atomic mass is 16.2. The summed E-state index contributed by atoms with van der Waals surface area (Å²) in [7, 11) is 0. The van der Waals surface area contributed by atoms with E-state index < -0.39 is 5.54 Å². The van der Waals surface area contributed by atoms with Gasteiger partial charge < -0.3 is 11.1 Å². The second-order valence-corrected chi connectivity index (χ2v) is 3.34. The largest absolute Gasteiger partial charge is 0.347 e. The van der Waals surface area contributed by atoms with Gasteiger partial charge in [0, 0.05) is 0 Å². The summed E-state index contributed by atoms with van der Waals surface area (Å²) >= 11 is 0. The Hall–Kier alpha value is -1.43. The van der Waals surface area contributed by atoms with Crippen LogP contribution in [0, 0.1) is 0 Å². The molecule has 6 nitrogen and oxygen atoms in total. The highest BCUT2D eigenvalue weighted by Gasteiger charge is 2.21. The van der Waals surface area contributed by atoms with E-state index in [9.17, 15) is 4.79 Å². The van der Waals surface area contributed by atoms with Gasteiger partial charge in [-0.2, -0.15) is 5.10 Å². The van der Waals surface area contributed by atoms with E-state index in [1.165, 1.54) is 6.33 Å². The van der Waals surface area contributed by atoms with Crippen molar-refractivity contribution in [2.75, 3.05) is 0 Å². The van der Waals surface area contributed by atoms with Crippen molar-refractivity contribution in [1.29, 1.82) is 0 Å². The molecule has 4 N–H and O–H groups in total. The third kappa shape index (κ3) is 2.83. The number of hydrogen-bond donors (Lipinski definition) is 3. The van der Waals surface area contributed by atoms with Crippen molar-refractivity contribution in [3.05, 3.63) is 12.2 Å². The van der Waals surface area contributed by atoms with Gasteiger partial charge in [-0.3, -0.25) is 9.89 Å². The summed E-state index contributed by atoms with van der Waals surface area (Å²) in [5, 5.41) is 8.90. The van der Waals surface area contributed by atoms with Crippen molar-refractivity contribution in [3.8, 4) is 0 Å². The first-order valence-electron chi connectivity index (χ1n) is 3.91. The summed E-state index contributed by atoms with van der Waals surface area (Å²) in [6.07, 6.45) is 1.38. The second kappa shape index (κ2) is 3.53. The van der Waals surface area contributed by atoms with E-state index in [0.717, 1.165) is 0 Å². The number of amides is 1. The van der Waals surface area contributed by atoms with E-state index in [1.807, 2.05) is 0 Å². The van der Waals surface area contributed by atoms with Gasteiger partial charge in [0.1, 0.15) is 12.2 Å². The Kier molecular flexibility index (Phi) is 2.62. The lowest BCUT2D eigenvalue weighted by molar-refractivity contribution is -0.125. The van der Waals surface area contributed by atoms with Gasteiger partial charge in [0.15, 0.2) is 0 Å². The van der Waals surface area contributed by atoms with Crippen molar-refractivity contribution in [2.24, 2.45) is 5.73 Å². The Morgan fingerprint density at radius 2 is 2.46 bits per heavy atom. The molecule has 0 fully saturated rings. The molecule has 0 bridgehead atoms. The third-order valence-electron chi connectivity index (χ3n) is 1.47. The quantitative estimate of drug-likeness (QED) is 0.569. The predicted molar refractivity (Wildman–Crippen MR) is 46.5 cm³/mol. The summed E-state index contributed by atoms with van der Waals surface area (Å²) in [5.74, 6) is 0.390. The topological polar surface area (TPSA) is 96.7 Å². The first kappa shape index (κ1) is 9.66. The van der Waals surface area contributed by atoms with Crippen molar-refractivity contribution < 1.29 is 4.79 Å². The molecule has 6 heteroatoms. The molecule has 0 aliphatic rings. The number of rotatable bonds is 3. The molecule has 1 aromatic heterocycles. The van der Waals surface area contributed by atoms with Crippen LogP contribution in [0.4, 0.5) is 0 Å². The van der Waals surface area contributed by atoms with Crippen LogP contribution >= 0.6 is 0 Å². The Balaban J connectivity index is 2.40. The van der Waals surface area contributed by atoms with Crippen LogP contribution in [0.5, 0.6) is 0 Å². The van der Waals surface area contributed by atoms with Gasteiger partial charge in [-0.15, -0.1) is 0 Å². The number of nitrogens with zero attached hydrogens (tertiary/aromatic N) is 2. The number of hydrogen-bond acceptors (Lipinski definition) is 4. The molecule has 0 aromatic carbocycles. The Labute approximate surface area is 75.9 Å². The number of nitrogens with two attached hydrogens (primary N) is 1. The highest BCUT2D eigenvalue weighted by molar-refractivity contribution is 5.84. The van der Waals surface area contributed by atoms with Crippen LogP contribution in [-0.2, 0) is 11.3 Å². The molecule has 1 amide bonds. The van der Waals surface area contributed by atoms with E-state index in [1.54, 1.807) is 13.8 Å². The molecule has 1 aromatic rings. The Bertz CT molecular complexity index is 274.